The van der Waals surface area contributed by atoms with Gasteiger partial charge in [0.15, 0.2) is 0 Å². The predicted molar refractivity (Wildman–Crippen MR) is 117 cm³/mol. The lowest BCUT2D eigenvalue weighted by Gasteiger charge is -2.09. The van der Waals surface area contributed by atoms with Crippen LogP contribution in [0, 0.1) is 6.92 Å². The van der Waals surface area contributed by atoms with Crippen LogP contribution in [-0.4, -0.2) is 33.5 Å². The number of aromatic nitrogens is 2. The van der Waals surface area contributed by atoms with Crippen molar-refractivity contribution in [2.75, 3.05) is 11.9 Å². The van der Waals surface area contributed by atoms with Crippen LogP contribution in [0.25, 0.3) is 21.3 Å². The fraction of sp³-hybridized carbons (Fsp3) is 0.0909. The molecule has 0 saturated heterocycles. The van der Waals surface area contributed by atoms with Gasteiger partial charge in [0.1, 0.15) is 23.5 Å². The number of amides is 1. The van der Waals surface area contributed by atoms with Crippen LogP contribution in [0.3, 0.4) is 0 Å². The standard InChI is InChI=1S/C22H18N4O3S/c1-13-2-4-14(5-3-13)17-11-30-22-19(17)20(24-12-25-22)26-16-8-6-15(7-9-16)21(29)23-10-18(27)28/h2-9,11-12H,10H2,1H3,(H,23,29)(H,27,28)(H,24,25,26). The van der Waals surface area contributed by atoms with Gasteiger partial charge in [0, 0.05) is 22.2 Å². The SMILES string of the molecule is Cc1ccc(-c2csc3ncnc(Nc4ccc(C(=O)NCC(=O)O)cc4)c23)cc1. The molecule has 2 heterocycles. The summed E-state index contributed by atoms with van der Waals surface area (Å²) in [5.74, 6) is -0.845. The highest BCUT2D eigenvalue weighted by Crippen LogP contribution is 2.37. The maximum atomic E-state index is 12.0. The van der Waals surface area contributed by atoms with Gasteiger partial charge in [-0.3, -0.25) is 9.59 Å². The fourth-order valence-corrected chi connectivity index (χ4v) is 3.93. The number of aryl methyl sites for hydroxylation is 1. The van der Waals surface area contributed by atoms with Gasteiger partial charge in [-0.2, -0.15) is 0 Å². The van der Waals surface area contributed by atoms with E-state index in [9.17, 15) is 9.59 Å². The van der Waals surface area contributed by atoms with Crippen molar-refractivity contribution >= 4 is 44.9 Å². The smallest absolute Gasteiger partial charge is 0.322 e. The number of nitrogens with one attached hydrogen (secondary N) is 2. The number of hydrogen-bond acceptors (Lipinski definition) is 6. The Morgan fingerprint density at radius 3 is 2.47 bits per heavy atom. The number of carboxylic acids is 1. The Morgan fingerprint density at radius 1 is 1.03 bits per heavy atom. The van der Waals surface area contributed by atoms with Gasteiger partial charge in [-0.1, -0.05) is 29.8 Å². The Balaban J connectivity index is 1.61. The molecular weight excluding hydrogens is 400 g/mol. The number of carbonyl (C=O) groups excluding carboxylic acids is 1. The molecule has 30 heavy (non-hydrogen) atoms. The van der Waals surface area contributed by atoms with E-state index < -0.39 is 18.4 Å². The predicted octanol–water partition coefficient (Wildman–Crippen LogP) is 4.22. The summed E-state index contributed by atoms with van der Waals surface area (Å²) in [5.41, 5.74) is 4.48. The summed E-state index contributed by atoms with van der Waals surface area (Å²) in [6.45, 7) is 1.63. The van der Waals surface area contributed by atoms with Crippen molar-refractivity contribution in [3.05, 3.63) is 71.4 Å². The van der Waals surface area contributed by atoms with Crippen LogP contribution in [0.5, 0.6) is 0 Å². The molecule has 1 amide bonds. The van der Waals surface area contributed by atoms with E-state index in [1.807, 2.05) is 0 Å². The normalized spacial score (nSPS) is 10.7. The number of benzene rings is 2. The first-order chi connectivity index (χ1) is 14.5. The average molecular weight is 418 g/mol. The van der Waals surface area contributed by atoms with Crippen molar-refractivity contribution in [2.24, 2.45) is 0 Å². The Labute approximate surface area is 176 Å². The molecule has 4 aromatic rings. The number of carbonyl (C=O) groups is 2. The molecule has 0 aliphatic heterocycles. The number of rotatable bonds is 6. The van der Waals surface area contributed by atoms with Crippen LogP contribution in [0.1, 0.15) is 15.9 Å². The topological polar surface area (TPSA) is 104 Å². The van der Waals surface area contributed by atoms with Gasteiger partial charge >= 0.3 is 5.97 Å². The third-order valence-corrected chi connectivity index (χ3v) is 5.43. The second kappa shape index (κ2) is 8.30. The summed E-state index contributed by atoms with van der Waals surface area (Å²) in [6, 6.07) is 15.1. The zero-order valence-corrected chi connectivity index (χ0v) is 16.9. The van der Waals surface area contributed by atoms with Crippen molar-refractivity contribution in [1.82, 2.24) is 15.3 Å². The van der Waals surface area contributed by atoms with Crippen LogP contribution < -0.4 is 10.6 Å². The number of carboxylic acid groups (broad SMARTS) is 1. The highest BCUT2D eigenvalue weighted by molar-refractivity contribution is 7.17. The number of aliphatic carboxylic acids is 1. The average Bonchev–Trinajstić information content (AvgIpc) is 3.18. The Kier molecular flexibility index (Phi) is 5.40. The van der Waals surface area contributed by atoms with Crippen molar-refractivity contribution in [2.45, 2.75) is 6.92 Å². The first-order valence-corrected chi connectivity index (χ1v) is 10.1. The molecule has 0 spiro atoms. The summed E-state index contributed by atoms with van der Waals surface area (Å²) in [5, 5.41) is 17.3. The fourth-order valence-electron chi connectivity index (χ4n) is 3.02. The van der Waals surface area contributed by atoms with E-state index in [1.54, 1.807) is 35.6 Å². The molecule has 3 N–H and O–H groups in total. The van der Waals surface area contributed by atoms with Crippen LogP contribution >= 0.6 is 11.3 Å². The summed E-state index contributed by atoms with van der Waals surface area (Å²) in [6.07, 6.45) is 1.52. The lowest BCUT2D eigenvalue weighted by atomic mass is 10.0. The van der Waals surface area contributed by atoms with Crippen LogP contribution in [-0.2, 0) is 4.79 Å². The van der Waals surface area contributed by atoms with Gasteiger partial charge in [-0.15, -0.1) is 11.3 Å². The van der Waals surface area contributed by atoms with E-state index in [0.29, 0.717) is 11.4 Å². The molecule has 7 nitrogen and oxygen atoms in total. The molecule has 0 saturated carbocycles. The van der Waals surface area contributed by atoms with E-state index in [2.05, 4.69) is 57.2 Å². The summed E-state index contributed by atoms with van der Waals surface area (Å²) < 4.78 is 0. The molecule has 0 bridgehead atoms. The number of hydrogen-bond donors (Lipinski definition) is 3. The van der Waals surface area contributed by atoms with Gasteiger partial charge in [0.25, 0.3) is 5.91 Å². The molecule has 2 aromatic heterocycles. The molecule has 150 valence electrons. The zero-order valence-electron chi connectivity index (χ0n) is 16.0. The Hall–Kier alpha value is -3.78. The third kappa shape index (κ3) is 4.13. The van der Waals surface area contributed by atoms with E-state index in [0.717, 1.165) is 27.0 Å². The van der Waals surface area contributed by atoms with Crippen molar-refractivity contribution < 1.29 is 14.7 Å². The maximum Gasteiger partial charge on any atom is 0.322 e. The van der Waals surface area contributed by atoms with Crippen LogP contribution in [0.4, 0.5) is 11.5 Å². The number of thiophene rings is 1. The number of fused-ring (bicyclic) bond motifs is 1. The summed E-state index contributed by atoms with van der Waals surface area (Å²) in [4.78, 5) is 32.3. The lowest BCUT2D eigenvalue weighted by molar-refractivity contribution is -0.135. The highest BCUT2D eigenvalue weighted by Gasteiger charge is 2.14. The van der Waals surface area contributed by atoms with Crippen molar-refractivity contribution in [3.63, 3.8) is 0 Å². The van der Waals surface area contributed by atoms with Gasteiger partial charge in [-0.25, -0.2) is 9.97 Å². The molecule has 0 aliphatic rings. The lowest BCUT2D eigenvalue weighted by Crippen LogP contribution is -2.29. The van der Waals surface area contributed by atoms with Crippen molar-refractivity contribution in [1.29, 1.82) is 0 Å². The molecule has 0 radical (unpaired) electrons. The summed E-state index contributed by atoms with van der Waals surface area (Å²) in [7, 11) is 0. The molecular formula is C22H18N4O3S. The van der Waals surface area contributed by atoms with E-state index in [4.69, 9.17) is 5.11 Å². The second-order valence-electron chi connectivity index (χ2n) is 6.70. The molecule has 0 unspecified atom stereocenters. The molecule has 0 aliphatic carbocycles. The molecule has 4 rings (SSSR count). The highest BCUT2D eigenvalue weighted by atomic mass is 32.1. The van der Waals surface area contributed by atoms with Gasteiger partial charge in [-0.05, 0) is 36.8 Å². The first-order valence-electron chi connectivity index (χ1n) is 9.17. The van der Waals surface area contributed by atoms with Gasteiger partial charge < -0.3 is 15.7 Å². The summed E-state index contributed by atoms with van der Waals surface area (Å²) >= 11 is 1.56. The minimum Gasteiger partial charge on any atom is -0.480 e. The van der Waals surface area contributed by atoms with Crippen LogP contribution in [0.15, 0.2) is 60.2 Å². The largest absolute Gasteiger partial charge is 0.480 e. The molecule has 0 fully saturated rings. The number of nitrogens with zero attached hydrogens (tertiary/aromatic N) is 2. The quantitative estimate of drug-likeness (QED) is 0.433. The Bertz CT molecular complexity index is 1220. The van der Waals surface area contributed by atoms with Gasteiger partial charge in [0.05, 0.1) is 5.39 Å². The first kappa shape index (κ1) is 19.5. The van der Waals surface area contributed by atoms with E-state index in [1.165, 1.54) is 11.9 Å². The second-order valence-corrected chi connectivity index (χ2v) is 7.55. The zero-order chi connectivity index (χ0) is 21.1. The van der Waals surface area contributed by atoms with Gasteiger partial charge in [0.2, 0.25) is 0 Å². The van der Waals surface area contributed by atoms with Crippen molar-refractivity contribution in [3.8, 4) is 11.1 Å². The Morgan fingerprint density at radius 2 is 1.77 bits per heavy atom. The minimum atomic E-state index is -1.09. The third-order valence-electron chi connectivity index (χ3n) is 4.54. The molecule has 8 heteroatoms. The van der Waals surface area contributed by atoms with E-state index in [-0.39, 0.29) is 0 Å². The minimum absolute atomic E-state index is 0.380. The monoisotopic (exact) mass is 418 g/mol. The molecule has 2 aromatic carbocycles. The molecule has 0 atom stereocenters. The maximum absolute atomic E-state index is 12.0. The number of anilines is 2. The van der Waals surface area contributed by atoms with E-state index >= 15 is 0 Å². The van der Waals surface area contributed by atoms with Crippen LogP contribution in [0.2, 0.25) is 0 Å².